The molecular weight excluding hydrogens is 360 g/mol. The summed E-state index contributed by atoms with van der Waals surface area (Å²) in [5.41, 5.74) is 2.14. The molecule has 8 nitrogen and oxygen atoms in total. The predicted molar refractivity (Wildman–Crippen MR) is 106 cm³/mol. The van der Waals surface area contributed by atoms with Crippen molar-refractivity contribution in [3.63, 3.8) is 0 Å². The van der Waals surface area contributed by atoms with E-state index in [-0.39, 0.29) is 17.2 Å². The molecule has 0 fully saturated rings. The van der Waals surface area contributed by atoms with Crippen LogP contribution in [-0.4, -0.2) is 46.2 Å². The number of nitrogens with one attached hydrogen (secondary N) is 1. The number of ketones is 1. The summed E-state index contributed by atoms with van der Waals surface area (Å²) in [4.78, 5) is 13.2. The molecule has 2 aromatic rings. The van der Waals surface area contributed by atoms with Crippen molar-refractivity contribution in [2.24, 2.45) is 0 Å². The first-order valence-corrected chi connectivity index (χ1v) is 9.16. The molecule has 8 heteroatoms. The predicted octanol–water partition coefficient (Wildman–Crippen LogP) is 3.04. The highest BCUT2D eigenvalue weighted by Gasteiger charge is 2.18. The second-order valence-electron chi connectivity index (χ2n) is 6.26. The fraction of sp³-hybridized carbons (Fsp3) is 0.350. The Morgan fingerprint density at radius 3 is 2.79 bits per heavy atom. The van der Waals surface area contributed by atoms with Crippen LogP contribution in [0.4, 0.5) is 5.82 Å². The minimum atomic E-state index is -0.206. The highest BCUT2D eigenvalue weighted by molar-refractivity contribution is 5.95. The maximum atomic E-state index is 11.7. The standard InChI is InChI=1S/C20H24N4O4/c1-3-16(25)12-18(26)19-20(21-13-14-4-6-17(27-2)7-5-14)23-24(22-19)15-8-10-28-11-9-15/h4-8,12,26H,3,9-11,13H2,1-2H3,(H,21,23). The maximum absolute atomic E-state index is 11.7. The van der Waals surface area contributed by atoms with Gasteiger partial charge in [0.05, 0.1) is 26.0 Å². The Kier molecular flexibility index (Phi) is 6.44. The van der Waals surface area contributed by atoms with Crippen LogP contribution in [0.5, 0.6) is 5.75 Å². The maximum Gasteiger partial charge on any atom is 0.180 e. The van der Waals surface area contributed by atoms with E-state index in [1.807, 2.05) is 30.3 Å². The number of aliphatic hydroxyl groups is 1. The van der Waals surface area contributed by atoms with E-state index < -0.39 is 0 Å². The first kappa shape index (κ1) is 19.6. The average molecular weight is 384 g/mol. The Hall–Kier alpha value is -3.13. The van der Waals surface area contributed by atoms with Crippen molar-refractivity contribution >= 4 is 23.1 Å². The average Bonchev–Trinajstić information content (AvgIpc) is 3.17. The smallest absolute Gasteiger partial charge is 0.180 e. The zero-order valence-electron chi connectivity index (χ0n) is 16.0. The van der Waals surface area contributed by atoms with Gasteiger partial charge in [0.15, 0.2) is 23.1 Å². The summed E-state index contributed by atoms with van der Waals surface area (Å²) in [5.74, 6) is 0.794. The van der Waals surface area contributed by atoms with Gasteiger partial charge in [-0.25, -0.2) is 0 Å². The molecule has 1 aromatic carbocycles. The number of ether oxygens (including phenoxy) is 2. The number of aliphatic hydroxyl groups excluding tert-OH is 1. The largest absolute Gasteiger partial charge is 0.505 e. The van der Waals surface area contributed by atoms with Crippen LogP contribution in [0.2, 0.25) is 0 Å². The summed E-state index contributed by atoms with van der Waals surface area (Å²) in [7, 11) is 1.62. The van der Waals surface area contributed by atoms with Gasteiger partial charge in [0.2, 0.25) is 0 Å². The number of benzene rings is 1. The van der Waals surface area contributed by atoms with Crippen molar-refractivity contribution in [2.75, 3.05) is 25.6 Å². The van der Waals surface area contributed by atoms with Gasteiger partial charge < -0.3 is 19.9 Å². The van der Waals surface area contributed by atoms with Gasteiger partial charge in [0, 0.05) is 25.5 Å². The highest BCUT2D eigenvalue weighted by Crippen LogP contribution is 2.22. The molecule has 28 heavy (non-hydrogen) atoms. The Morgan fingerprint density at radius 1 is 1.36 bits per heavy atom. The molecule has 0 atom stereocenters. The molecule has 0 saturated heterocycles. The summed E-state index contributed by atoms with van der Waals surface area (Å²) in [6.45, 7) is 3.30. The minimum Gasteiger partial charge on any atom is -0.505 e. The van der Waals surface area contributed by atoms with Crippen LogP contribution in [0.3, 0.4) is 0 Å². The number of hydrogen-bond donors (Lipinski definition) is 2. The SMILES string of the molecule is CCC(=O)C=C(O)c1nn(C2=CCOCC2)nc1NCc1ccc(OC)cc1. The van der Waals surface area contributed by atoms with Crippen LogP contribution >= 0.6 is 0 Å². The number of allylic oxidation sites excluding steroid dienone is 1. The van der Waals surface area contributed by atoms with Gasteiger partial charge in [-0.3, -0.25) is 4.79 Å². The van der Waals surface area contributed by atoms with Crippen molar-refractivity contribution in [2.45, 2.75) is 26.3 Å². The molecule has 0 amide bonds. The summed E-state index contributed by atoms with van der Waals surface area (Å²) >= 11 is 0. The van der Waals surface area contributed by atoms with Crippen molar-refractivity contribution in [3.05, 3.63) is 47.7 Å². The number of carbonyl (C=O) groups excluding carboxylic acids is 1. The molecule has 1 aliphatic rings. The van der Waals surface area contributed by atoms with E-state index in [9.17, 15) is 9.90 Å². The monoisotopic (exact) mass is 384 g/mol. The Labute approximate surface area is 163 Å². The third-order valence-corrected chi connectivity index (χ3v) is 4.32. The van der Waals surface area contributed by atoms with E-state index in [4.69, 9.17) is 9.47 Å². The highest BCUT2D eigenvalue weighted by atomic mass is 16.5. The second-order valence-corrected chi connectivity index (χ2v) is 6.26. The van der Waals surface area contributed by atoms with Crippen molar-refractivity contribution in [1.29, 1.82) is 0 Å². The van der Waals surface area contributed by atoms with Gasteiger partial charge in [-0.1, -0.05) is 19.1 Å². The Balaban J connectivity index is 1.85. The number of anilines is 1. The van der Waals surface area contributed by atoms with Crippen LogP contribution in [0, 0.1) is 0 Å². The quantitative estimate of drug-likeness (QED) is 0.533. The van der Waals surface area contributed by atoms with E-state index in [2.05, 4.69) is 15.5 Å². The van der Waals surface area contributed by atoms with E-state index >= 15 is 0 Å². The van der Waals surface area contributed by atoms with Crippen LogP contribution in [-0.2, 0) is 16.1 Å². The van der Waals surface area contributed by atoms with Crippen molar-refractivity contribution in [3.8, 4) is 5.75 Å². The number of carbonyl (C=O) groups is 1. The zero-order chi connectivity index (χ0) is 19.9. The normalized spacial score (nSPS) is 14.5. The summed E-state index contributed by atoms with van der Waals surface area (Å²) in [6, 6.07) is 7.62. The van der Waals surface area contributed by atoms with Crippen LogP contribution in [0.25, 0.3) is 11.5 Å². The molecule has 0 spiro atoms. The number of nitrogens with zero attached hydrogens (tertiary/aromatic N) is 3. The molecule has 0 unspecified atom stereocenters. The fourth-order valence-corrected chi connectivity index (χ4v) is 2.68. The van der Waals surface area contributed by atoms with E-state index in [1.54, 1.807) is 14.0 Å². The minimum absolute atomic E-state index is 0.182. The van der Waals surface area contributed by atoms with E-state index in [0.717, 1.165) is 17.0 Å². The van der Waals surface area contributed by atoms with Crippen molar-refractivity contribution in [1.82, 2.24) is 15.0 Å². The molecule has 0 saturated carbocycles. The van der Waals surface area contributed by atoms with Crippen LogP contribution < -0.4 is 10.1 Å². The molecule has 2 heterocycles. The molecule has 3 rings (SSSR count). The Morgan fingerprint density at radius 2 is 2.14 bits per heavy atom. The fourth-order valence-electron chi connectivity index (χ4n) is 2.68. The lowest BCUT2D eigenvalue weighted by Gasteiger charge is -2.11. The number of methoxy groups -OCH3 is 1. The molecule has 1 aliphatic heterocycles. The first-order chi connectivity index (χ1) is 13.6. The van der Waals surface area contributed by atoms with Crippen LogP contribution in [0.15, 0.2) is 36.4 Å². The van der Waals surface area contributed by atoms with Gasteiger partial charge in [0.1, 0.15) is 5.75 Å². The molecular formula is C20H24N4O4. The zero-order valence-corrected chi connectivity index (χ0v) is 16.0. The molecule has 0 bridgehead atoms. The lowest BCUT2D eigenvalue weighted by atomic mass is 10.2. The third kappa shape index (κ3) is 4.77. The molecule has 1 aromatic heterocycles. The summed E-state index contributed by atoms with van der Waals surface area (Å²) in [5, 5.41) is 22.5. The lowest BCUT2D eigenvalue weighted by Crippen LogP contribution is -2.11. The molecule has 148 valence electrons. The van der Waals surface area contributed by atoms with Crippen molar-refractivity contribution < 1.29 is 19.4 Å². The molecule has 2 N–H and O–H groups in total. The topological polar surface area (TPSA) is 98.5 Å². The third-order valence-electron chi connectivity index (χ3n) is 4.32. The van der Waals surface area contributed by atoms with Gasteiger partial charge in [-0.05, 0) is 23.8 Å². The van der Waals surface area contributed by atoms with E-state index in [1.165, 1.54) is 10.9 Å². The molecule has 0 radical (unpaired) electrons. The number of aromatic nitrogens is 3. The van der Waals surface area contributed by atoms with Gasteiger partial charge in [0.25, 0.3) is 0 Å². The first-order valence-electron chi connectivity index (χ1n) is 9.16. The van der Waals surface area contributed by atoms with Gasteiger partial charge in [-0.15, -0.1) is 10.2 Å². The summed E-state index contributed by atoms with van der Waals surface area (Å²) < 4.78 is 10.5. The number of hydrogen-bond acceptors (Lipinski definition) is 7. The number of rotatable bonds is 8. The van der Waals surface area contributed by atoms with E-state index in [0.29, 0.717) is 38.4 Å². The second kappa shape index (κ2) is 9.18. The van der Waals surface area contributed by atoms with Gasteiger partial charge in [-0.2, -0.15) is 4.80 Å². The van der Waals surface area contributed by atoms with Gasteiger partial charge >= 0.3 is 0 Å². The van der Waals surface area contributed by atoms with Crippen LogP contribution in [0.1, 0.15) is 31.0 Å². The Bertz CT molecular complexity index is 884. The molecule has 0 aliphatic carbocycles. The lowest BCUT2D eigenvalue weighted by molar-refractivity contribution is -0.114. The summed E-state index contributed by atoms with van der Waals surface area (Å²) in [6.07, 6.45) is 4.06.